The van der Waals surface area contributed by atoms with Crippen molar-refractivity contribution in [2.75, 3.05) is 17.0 Å². The van der Waals surface area contributed by atoms with Crippen LogP contribution in [0.15, 0.2) is 60.7 Å². The summed E-state index contributed by atoms with van der Waals surface area (Å²) in [5, 5.41) is 2.54. The van der Waals surface area contributed by atoms with E-state index in [1.165, 1.54) is 11.0 Å². The number of anilines is 2. The molecule has 1 N–H and O–H groups in total. The van der Waals surface area contributed by atoms with Crippen molar-refractivity contribution in [3.8, 4) is 11.5 Å². The summed E-state index contributed by atoms with van der Waals surface area (Å²) in [5.41, 5.74) is 2.33. The fourth-order valence-corrected chi connectivity index (χ4v) is 4.43. The van der Waals surface area contributed by atoms with E-state index >= 15 is 0 Å². The summed E-state index contributed by atoms with van der Waals surface area (Å²) in [6.45, 7) is 0.368. The second-order valence-corrected chi connectivity index (χ2v) is 8.28. The van der Waals surface area contributed by atoms with Crippen molar-refractivity contribution in [3.05, 3.63) is 77.9 Å². The van der Waals surface area contributed by atoms with Crippen molar-refractivity contribution in [2.45, 2.75) is 19.0 Å². The van der Waals surface area contributed by atoms with E-state index in [1.54, 1.807) is 10.6 Å². The molecule has 1 unspecified atom stereocenters. The van der Waals surface area contributed by atoms with Gasteiger partial charge in [0.15, 0.2) is 23.1 Å². The number of aromatic nitrogens is 2. The van der Waals surface area contributed by atoms with Crippen LogP contribution in [0.5, 0.6) is 11.5 Å². The first-order valence-corrected chi connectivity index (χ1v) is 10.9. The van der Waals surface area contributed by atoms with Gasteiger partial charge in [-0.1, -0.05) is 18.2 Å². The number of ether oxygens (including phenoxy) is 2. The lowest BCUT2D eigenvalue weighted by Crippen LogP contribution is -2.31. The topological polar surface area (TPSA) is 85.7 Å². The number of carbonyl (C=O) groups excluding carboxylic acids is 2. The van der Waals surface area contributed by atoms with Crippen molar-refractivity contribution in [3.63, 3.8) is 0 Å². The Morgan fingerprint density at radius 3 is 2.71 bits per heavy atom. The highest BCUT2D eigenvalue weighted by atomic mass is 19.2. The highest BCUT2D eigenvalue weighted by Crippen LogP contribution is 2.39. The van der Waals surface area contributed by atoms with Crippen molar-refractivity contribution in [2.24, 2.45) is 0 Å². The van der Waals surface area contributed by atoms with Gasteiger partial charge in [-0.2, -0.15) is 0 Å². The largest absolute Gasteiger partial charge is 0.454 e. The van der Waals surface area contributed by atoms with E-state index in [4.69, 9.17) is 9.47 Å². The third kappa shape index (κ3) is 3.63. The lowest BCUT2D eigenvalue weighted by molar-refractivity contribution is -0.124. The SMILES string of the molecule is O=C(CC1C(=O)N(Cc2ccc3c(c2)OCO3)c2nc3ccccc3n21)Nc1ccc(F)c(F)c1. The predicted molar refractivity (Wildman–Crippen MR) is 122 cm³/mol. The number of halogens is 2. The average Bonchev–Trinajstić information content (AvgIpc) is 3.52. The molecule has 2 aliphatic heterocycles. The number of imidazole rings is 1. The molecule has 0 aliphatic carbocycles. The zero-order chi connectivity index (χ0) is 24.1. The highest BCUT2D eigenvalue weighted by molar-refractivity contribution is 6.05. The first-order chi connectivity index (χ1) is 17.0. The second kappa shape index (κ2) is 8.08. The summed E-state index contributed by atoms with van der Waals surface area (Å²) in [5.74, 6) is -1.22. The minimum Gasteiger partial charge on any atom is -0.454 e. The standard InChI is InChI=1S/C25H18F2N4O4/c26-16-7-6-15(10-17(16)27)28-23(32)11-20-24(33)30(12-14-5-8-21-22(9-14)35-13-34-21)25-29-18-3-1-2-4-19(18)31(20)25/h1-10,20H,11-13H2,(H,28,32). The number of rotatable bonds is 5. The minimum absolute atomic E-state index is 0.104. The van der Waals surface area contributed by atoms with Crippen LogP contribution >= 0.6 is 0 Å². The Morgan fingerprint density at radius 1 is 1.03 bits per heavy atom. The third-order valence-electron chi connectivity index (χ3n) is 6.04. The van der Waals surface area contributed by atoms with E-state index in [9.17, 15) is 18.4 Å². The van der Waals surface area contributed by atoms with Crippen LogP contribution in [0.2, 0.25) is 0 Å². The van der Waals surface area contributed by atoms with Gasteiger partial charge in [0.1, 0.15) is 6.04 Å². The number of para-hydroxylation sites is 2. The molecular weight excluding hydrogens is 458 g/mol. The first-order valence-electron chi connectivity index (χ1n) is 10.9. The van der Waals surface area contributed by atoms with Gasteiger partial charge in [0.2, 0.25) is 18.6 Å². The number of amides is 2. The van der Waals surface area contributed by atoms with Gasteiger partial charge in [0.05, 0.1) is 24.0 Å². The zero-order valence-corrected chi connectivity index (χ0v) is 18.2. The van der Waals surface area contributed by atoms with Gasteiger partial charge in [0, 0.05) is 11.8 Å². The van der Waals surface area contributed by atoms with E-state index < -0.39 is 23.6 Å². The molecule has 0 spiro atoms. The first kappa shape index (κ1) is 21.1. The molecule has 6 rings (SSSR count). The number of nitrogens with zero attached hydrogens (tertiary/aromatic N) is 3. The quantitative estimate of drug-likeness (QED) is 0.468. The summed E-state index contributed by atoms with van der Waals surface area (Å²) >= 11 is 0. The summed E-state index contributed by atoms with van der Waals surface area (Å²) in [7, 11) is 0. The molecule has 0 bridgehead atoms. The Labute approximate surface area is 197 Å². The number of benzene rings is 3. The van der Waals surface area contributed by atoms with Gasteiger partial charge < -0.3 is 14.8 Å². The van der Waals surface area contributed by atoms with Crippen molar-refractivity contribution in [1.29, 1.82) is 0 Å². The zero-order valence-electron chi connectivity index (χ0n) is 18.2. The maximum absolute atomic E-state index is 13.6. The molecule has 0 saturated heterocycles. The number of hydrogen-bond acceptors (Lipinski definition) is 5. The Balaban J connectivity index is 1.31. The van der Waals surface area contributed by atoms with E-state index in [1.807, 2.05) is 36.4 Å². The summed E-state index contributed by atoms with van der Waals surface area (Å²) in [6, 6.07) is 15.0. The smallest absolute Gasteiger partial charge is 0.253 e. The van der Waals surface area contributed by atoms with Crippen LogP contribution < -0.4 is 19.7 Å². The van der Waals surface area contributed by atoms with Crippen LogP contribution in [0.25, 0.3) is 11.0 Å². The normalized spacial score (nSPS) is 16.1. The molecule has 0 saturated carbocycles. The number of nitrogens with one attached hydrogen (secondary N) is 1. The van der Waals surface area contributed by atoms with E-state index in [0.29, 0.717) is 23.0 Å². The Bertz CT molecular complexity index is 1500. The highest BCUT2D eigenvalue weighted by Gasteiger charge is 2.41. The molecule has 35 heavy (non-hydrogen) atoms. The lowest BCUT2D eigenvalue weighted by atomic mass is 10.1. The van der Waals surface area contributed by atoms with Crippen molar-refractivity contribution < 1.29 is 27.8 Å². The van der Waals surface area contributed by atoms with Crippen LogP contribution in [0.3, 0.4) is 0 Å². The molecule has 3 heterocycles. The molecule has 176 valence electrons. The molecule has 4 aromatic rings. The Kier molecular flexibility index (Phi) is 4.87. The second-order valence-electron chi connectivity index (χ2n) is 8.28. The van der Waals surface area contributed by atoms with Gasteiger partial charge >= 0.3 is 0 Å². The Hall–Kier alpha value is -4.47. The predicted octanol–water partition coefficient (Wildman–Crippen LogP) is 4.16. The van der Waals surface area contributed by atoms with Gasteiger partial charge in [-0.3, -0.25) is 19.1 Å². The number of fused-ring (bicyclic) bond motifs is 4. The van der Waals surface area contributed by atoms with Crippen LogP contribution in [0, 0.1) is 11.6 Å². The Morgan fingerprint density at radius 2 is 1.86 bits per heavy atom. The number of carbonyl (C=O) groups is 2. The van der Waals surface area contributed by atoms with Gasteiger partial charge in [-0.25, -0.2) is 13.8 Å². The molecule has 3 aromatic carbocycles. The molecule has 1 aromatic heterocycles. The lowest BCUT2D eigenvalue weighted by Gasteiger charge is -2.16. The van der Waals surface area contributed by atoms with Crippen molar-refractivity contribution in [1.82, 2.24) is 9.55 Å². The minimum atomic E-state index is -1.07. The summed E-state index contributed by atoms with van der Waals surface area (Å²) in [6.07, 6.45) is -0.206. The van der Waals surface area contributed by atoms with Crippen molar-refractivity contribution >= 4 is 34.5 Å². The fourth-order valence-electron chi connectivity index (χ4n) is 4.43. The van der Waals surface area contributed by atoms with Gasteiger partial charge in [-0.05, 0) is 42.0 Å². The van der Waals surface area contributed by atoms with Crippen LogP contribution in [0.1, 0.15) is 18.0 Å². The maximum atomic E-state index is 13.6. The molecule has 0 radical (unpaired) electrons. The molecule has 8 nitrogen and oxygen atoms in total. The van der Waals surface area contributed by atoms with E-state index in [2.05, 4.69) is 10.3 Å². The van der Waals surface area contributed by atoms with Crippen LogP contribution in [0.4, 0.5) is 20.4 Å². The monoisotopic (exact) mass is 476 g/mol. The molecule has 1 atom stereocenters. The molecule has 0 fully saturated rings. The number of hydrogen-bond donors (Lipinski definition) is 1. The molecule has 10 heteroatoms. The molecular formula is C25H18F2N4O4. The average molecular weight is 476 g/mol. The van der Waals surface area contributed by atoms with Gasteiger partial charge in [0.25, 0.3) is 5.91 Å². The van der Waals surface area contributed by atoms with Gasteiger partial charge in [-0.15, -0.1) is 0 Å². The van der Waals surface area contributed by atoms with E-state index in [-0.39, 0.29) is 31.4 Å². The van der Waals surface area contributed by atoms with Crippen LogP contribution in [-0.4, -0.2) is 28.2 Å². The maximum Gasteiger partial charge on any atom is 0.253 e. The third-order valence-corrected chi connectivity index (χ3v) is 6.04. The molecule has 2 aliphatic rings. The molecule has 2 amide bonds. The summed E-state index contributed by atoms with van der Waals surface area (Å²) < 4.78 is 39.3. The van der Waals surface area contributed by atoms with E-state index in [0.717, 1.165) is 23.2 Å². The van der Waals surface area contributed by atoms with Crippen LogP contribution in [-0.2, 0) is 16.1 Å². The fraction of sp³-hybridized carbons (Fsp3) is 0.160. The summed E-state index contributed by atoms with van der Waals surface area (Å²) in [4.78, 5) is 32.5.